The number of rotatable bonds is 3. The van der Waals surface area contributed by atoms with Crippen LogP contribution in [0.25, 0.3) is 11.1 Å². The third kappa shape index (κ3) is 3.97. The molecule has 2 aromatic rings. The summed E-state index contributed by atoms with van der Waals surface area (Å²) in [7, 11) is 3.77. The summed E-state index contributed by atoms with van der Waals surface area (Å²) in [5.74, 6) is -0.298. The van der Waals surface area contributed by atoms with E-state index in [1.165, 1.54) is 12.1 Å². The van der Waals surface area contributed by atoms with E-state index < -0.39 is 6.10 Å². The fraction of sp³-hybridized carbons (Fsp3) is 0.316. The normalized spacial score (nSPS) is 20.1. The third-order valence-corrected chi connectivity index (χ3v) is 4.48. The number of halogens is 1. The van der Waals surface area contributed by atoms with Gasteiger partial charge in [-0.1, -0.05) is 24.3 Å². The number of hydrogen-bond acceptors (Lipinski definition) is 3. The Bertz CT molecular complexity index is 766. The maximum absolute atomic E-state index is 13.4. The zero-order valence-corrected chi connectivity index (χ0v) is 14.3. The van der Waals surface area contributed by atoms with Gasteiger partial charge in [0, 0.05) is 12.2 Å². The van der Waals surface area contributed by atoms with Crippen molar-refractivity contribution in [3.8, 4) is 11.1 Å². The van der Waals surface area contributed by atoms with Crippen LogP contribution in [0.1, 0.15) is 0 Å². The van der Waals surface area contributed by atoms with Gasteiger partial charge < -0.3 is 20.2 Å². The van der Waals surface area contributed by atoms with Crippen LogP contribution in [0.2, 0.25) is 0 Å². The van der Waals surface area contributed by atoms with Gasteiger partial charge in [0.1, 0.15) is 5.82 Å². The van der Waals surface area contributed by atoms with E-state index in [0.717, 1.165) is 11.1 Å². The van der Waals surface area contributed by atoms with Crippen molar-refractivity contribution in [2.24, 2.45) is 0 Å². The van der Waals surface area contributed by atoms with Crippen molar-refractivity contribution in [2.45, 2.75) is 12.1 Å². The Morgan fingerprint density at radius 2 is 1.84 bits per heavy atom. The SMILES string of the molecule is CN(C)[C@@H]1CN(C(=O)Nc2cccc(-c3cccc(F)c3)c2)C[C@H]1O. The number of β-amino-alcohol motifs (C(OH)–C–C–N with tert-alkyl or cyclic N) is 1. The highest BCUT2D eigenvalue weighted by atomic mass is 19.1. The molecule has 0 unspecified atom stereocenters. The largest absolute Gasteiger partial charge is 0.390 e. The van der Waals surface area contributed by atoms with Crippen LogP contribution >= 0.6 is 0 Å². The van der Waals surface area contributed by atoms with E-state index >= 15 is 0 Å². The van der Waals surface area contributed by atoms with Crippen LogP contribution < -0.4 is 5.32 Å². The molecule has 0 aliphatic carbocycles. The first-order valence-electron chi connectivity index (χ1n) is 8.20. The van der Waals surface area contributed by atoms with Crippen LogP contribution in [0.15, 0.2) is 48.5 Å². The number of nitrogens with zero attached hydrogens (tertiary/aromatic N) is 2. The van der Waals surface area contributed by atoms with Crippen LogP contribution in [-0.2, 0) is 0 Å². The van der Waals surface area contributed by atoms with Gasteiger partial charge >= 0.3 is 6.03 Å². The summed E-state index contributed by atoms with van der Waals surface area (Å²) >= 11 is 0. The molecule has 6 heteroatoms. The summed E-state index contributed by atoms with van der Waals surface area (Å²) in [5, 5.41) is 12.9. The highest BCUT2D eigenvalue weighted by Gasteiger charge is 2.35. The molecular formula is C19H22FN3O2. The molecule has 1 saturated heterocycles. The van der Waals surface area contributed by atoms with Gasteiger partial charge in [-0.25, -0.2) is 9.18 Å². The number of carbonyl (C=O) groups excluding carboxylic acids is 1. The van der Waals surface area contributed by atoms with E-state index in [0.29, 0.717) is 18.8 Å². The molecule has 3 rings (SSSR count). The molecule has 2 aromatic carbocycles. The van der Waals surface area contributed by atoms with Gasteiger partial charge in [-0.05, 0) is 49.5 Å². The van der Waals surface area contributed by atoms with E-state index in [9.17, 15) is 14.3 Å². The lowest BCUT2D eigenvalue weighted by atomic mass is 10.1. The molecule has 0 radical (unpaired) electrons. The van der Waals surface area contributed by atoms with Crippen LogP contribution in [0.4, 0.5) is 14.9 Å². The van der Waals surface area contributed by atoms with Crippen molar-refractivity contribution in [1.82, 2.24) is 9.80 Å². The van der Waals surface area contributed by atoms with Gasteiger partial charge in [0.25, 0.3) is 0 Å². The molecule has 25 heavy (non-hydrogen) atoms. The summed E-state index contributed by atoms with van der Waals surface area (Å²) < 4.78 is 13.4. The van der Waals surface area contributed by atoms with Crippen LogP contribution in [0, 0.1) is 5.82 Å². The number of hydrogen-bond donors (Lipinski definition) is 2. The highest BCUT2D eigenvalue weighted by Crippen LogP contribution is 2.24. The predicted molar refractivity (Wildman–Crippen MR) is 95.9 cm³/mol. The van der Waals surface area contributed by atoms with Gasteiger partial charge in [-0.2, -0.15) is 0 Å². The molecule has 0 spiro atoms. The first-order valence-corrected chi connectivity index (χ1v) is 8.20. The summed E-state index contributed by atoms with van der Waals surface area (Å²) in [5.41, 5.74) is 2.21. The number of likely N-dealkylation sites (N-methyl/N-ethyl adjacent to an activating group) is 1. The molecule has 2 atom stereocenters. The van der Waals surface area contributed by atoms with Crippen LogP contribution in [0.3, 0.4) is 0 Å². The minimum absolute atomic E-state index is 0.0654. The molecule has 2 N–H and O–H groups in total. The number of urea groups is 1. The number of aliphatic hydroxyl groups excluding tert-OH is 1. The number of carbonyl (C=O) groups is 1. The molecule has 0 saturated carbocycles. The Morgan fingerprint density at radius 3 is 2.48 bits per heavy atom. The first kappa shape index (κ1) is 17.4. The second-order valence-corrected chi connectivity index (χ2v) is 6.52. The molecule has 1 fully saturated rings. The van der Waals surface area contributed by atoms with Gasteiger partial charge in [-0.15, -0.1) is 0 Å². The lowest BCUT2D eigenvalue weighted by Gasteiger charge is -2.21. The number of likely N-dealkylation sites (tertiary alicyclic amines) is 1. The van der Waals surface area contributed by atoms with E-state index in [-0.39, 0.29) is 17.9 Å². The minimum Gasteiger partial charge on any atom is -0.390 e. The number of anilines is 1. The lowest BCUT2D eigenvalue weighted by molar-refractivity contribution is 0.113. The zero-order chi connectivity index (χ0) is 18.0. The first-order chi connectivity index (χ1) is 11.9. The van der Waals surface area contributed by atoms with Gasteiger partial charge in [0.2, 0.25) is 0 Å². The molecule has 0 aromatic heterocycles. The predicted octanol–water partition coefficient (Wildman–Crippen LogP) is 2.63. The quantitative estimate of drug-likeness (QED) is 0.901. The fourth-order valence-corrected chi connectivity index (χ4v) is 3.09. The molecular weight excluding hydrogens is 321 g/mol. The lowest BCUT2D eigenvalue weighted by Crippen LogP contribution is -2.38. The zero-order valence-electron chi connectivity index (χ0n) is 14.3. The minimum atomic E-state index is -0.556. The Morgan fingerprint density at radius 1 is 1.16 bits per heavy atom. The summed E-state index contributed by atoms with van der Waals surface area (Å²) in [6.07, 6.45) is -0.556. The standard InChI is InChI=1S/C19H22FN3O2/c1-22(2)17-11-23(12-18(17)24)19(25)21-16-8-4-6-14(10-16)13-5-3-7-15(20)9-13/h3-10,17-18,24H,11-12H2,1-2H3,(H,21,25)/t17-,18-/m1/s1. The molecule has 2 amide bonds. The smallest absolute Gasteiger partial charge is 0.321 e. The van der Waals surface area contributed by atoms with Crippen LogP contribution in [-0.4, -0.2) is 60.3 Å². The Balaban J connectivity index is 1.71. The molecule has 1 aliphatic heterocycles. The Hall–Kier alpha value is -2.44. The second-order valence-electron chi connectivity index (χ2n) is 6.52. The molecule has 1 heterocycles. The van der Waals surface area contributed by atoms with Crippen molar-refractivity contribution in [1.29, 1.82) is 0 Å². The van der Waals surface area contributed by atoms with Gasteiger partial charge in [-0.3, -0.25) is 0 Å². The maximum Gasteiger partial charge on any atom is 0.321 e. The van der Waals surface area contributed by atoms with E-state index in [2.05, 4.69) is 5.32 Å². The molecule has 0 bridgehead atoms. The second kappa shape index (κ2) is 7.21. The van der Waals surface area contributed by atoms with Crippen molar-refractivity contribution in [3.63, 3.8) is 0 Å². The highest BCUT2D eigenvalue weighted by molar-refractivity contribution is 5.90. The topological polar surface area (TPSA) is 55.8 Å². The van der Waals surface area contributed by atoms with E-state index in [4.69, 9.17) is 0 Å². The fourth-order valence-electron chi connectivity index (χ4n) is 3.09. The number of amides is 2. The summed E-state index contributed by atoms with van der Waals surface area (Å²) in [4.78, 5) is 16.0. The van der Waals surface area contributed by atoms with Crippen LogP contribution in [0.5, 0.6) is 0 Å². The van der Waals surface area contributed by atoms with Crippen molar-refractivity contribution >= 4 is 11.7 Å². The third-order valence-electron chi connectivity index (χ3n) is 4.48. The molecule has 1 aliphatic rings. The van der Waals surface area contributed by atoms with E-state index in [1.54, 1.807) is 17.0 Å². The van der Waals surface area contributed by atoms with Gasteiger partial charge in [0.15, 0.2) is 0 Å². The van der Waals surface area contributed by atoms with Crippen molar-refractivity contribution in [3.05, 3.63) is 54.3 Å². The number of benzene rings is 2. The number of nitrogens with one attached hydrogen (secondary N) is 1. The Labute approximate surface area is 146 Å². The van der Waals surface area contributed by atoms with E-state index in [1.807, 2.05) is 43.3 Å². The summed E-state index contributed by atoms with van der Waals surface area (Å²) in [6.45, 7) is 0.780. The maximum atomic E-state index is 13.4. The van der Waals surface area contributed by atoms with Crippen molar-refractivity contribution < 1.29 is 14.3 Å². The van der Waals surface area contributed by atoms with Gasteiger partial charge in [0.05, 0.1) is 18.7 Å². The monoisotopic (exact) mass is 343 g/mol. The Kier molecular flexibility index (Phi) is 5.01. The average molecular weight is 343 g/mol. The summed E-state index contributed by atoms with van der Waals surface area (Å²) in [6, 6.07) is 13.3. The average Bonchev–Trinajstić information content (AvgIpc) is 2.97. The number of aliphatic hydroxyl groups is 1. The molecule has 132 valence electrons. The molecule has 5 nitrogen and oxygen atoms in total. The van der Waals surface area contributed by atoms with Crippen molar-refractivity contribution in [2.75, 3.05) is 32.5 Å².